The third kappa shape index (κ3) is 0.0811. The quantitative estimate of drug-likeness (QED) is 0.477. The molecule has 5 fully saturated rings. The van der Waals surface area contributed by atoms with Crippen molar-refractivity contribution in [3.05, 3.63) is 0 Å². The van der Waals surface area contributed by atoms with Gasteiger partial charge in [-0.2, -0.15) is 0 Å². The summed E-state index contributed by atoms with van der Waals surface area (Å²) in [6.07, 6.45) is 3.16. The minimum absolute atomic E-state index is 1.03. The monoisotopic (exact) mass is 106 g/mol. The molecule has 5 rings (SSSR count). The van der Waals surface area contributed by atoms with Crippen molar-refractivity contribution in [3.63, 3.8) is 0 Å². The average Bonchev–Trinajstić information content (AvgIpc) is 2.55. The van der Waals surface area contributed by atoms with E-state index in [9.17, 15) is 0 Å². The molecule has 1 spiro atoms. The van der Waals surface area contributed by atoms with E-state index in [0.717, 1.165) is 10.8 Å². The van der Waals surface area contributed by atoms with Gasteiger partial charge in [0.15, 0.2) is 0 Å². The van der Waals surface area contributed by atoms with Gasteiger partial charge in [-0.05, 0) is 41.4 Å². The van der Waals surface area contributed by atoms with Crippen molar-refractivity contribution in [1.29, 1.82) is 0 Å². The first kappa shape index (κ1) is 3.24. The molecule has 42 valence electrons. The highest BCUT2D eigenvalue weighted by molar-refractivity contribution is 5.60. The zero-order chi connectivity index (χ0) is 5.15. The summed E-state index contributed by atoms with van der Waals surface area (Å²) in [6, 6.07) is 0. The first-order valence-electron chi connectivity index (χ1n) is 3.89. The summed E-state index contributed by atoms with van der Waals surface area (Å²) in [5.74, 6) is 3.87. The molecule has 5 unspecified atom stereocenters. The normalized spacial score (nSPS) is 93.4. The Bertz CT molecular complexity index is 202. The van der Waals surface area contributed by atoms with Crippen molar-refractivity contribution in [2.45, 2.75) is 19.8 Å². The second-order valence-electron chi connectivity index (χ2n) is 4.25. The largest absolute Gasteiger partial charge is 0.0648 e. The van der Waals surface area contributed by atoms with Crippen molar-refractivity contribution >= 4 is 0 Å². The Labute approximate surface area is 49.3 Å². The molecular weight excluding hydrogens is 96.1 g/mol. The summed E-state index contributed by atoms with van der Waals surface area (Å²) in [5, 5.41) is 0. The molecule has 5 aliphatic carbocycles. The van der Waals surface area contributed by atoms with Gasteiger partial charge in [-0.25, -0.2) is 0 Å². The number of hydrogen-bond acceptors (Lipinski definition) is 0. The Morgan fingerprint density at radius 3 is 2.62 bits per heavy atom. The third-order valence-corrected chi connectivity index (χ3v) is 4.82. The van der Waals surface area contributed by atoms with Crippen LogP contribution in [0.2, 0.25) is 0 Å². The zero-order valence-corrected chi connectivity index (χ0v) is 5.15. The summed E-state index contributed by atoms with van der Waals surface area (Å²) < 4.78 is 0. The molecule has 5 saturated carbocycles. The van der Waals surface area contributed by atoms with Gasteiger partial charge in [-0.15, -0.1) is 0 Å². The Kier molecular flexibility index (Phi) is 0.193. The molecule has 0 heteroatoms. The van der Waals surface area contributed by atoms with Gasteiger partial charge in [0, 0.05) is 0 Å². The lowest BCUT2D eigenvalue weighted by atomic mass is 9.75. The Balaban J connectivity index is 1.97. The van der Waals surface area contributed by atoms with Gasteiger partial charge in [0.25, 0.3) is 0 Å². The fourth-order valence-electron chi connectivity index (χ4n) is 4.50. The van der Waals surface area contributed by atoms with E-state index < -0.39 is 0 Å². The second-order valence-corrected chi connectivity index (χ2v) is 4.25. The van der Waals surface area contributed by atoms with Crippen LogP contribution in [0.15, 0.2) is 0 Å². The van der Waals surface area contributed by atoms with Crippen molar-refractivity contribution < 1.29 is 0 Å². The minimum atomic E-state index is 1.03. The Morgan fingerprint density at radius 2 is 2.50 bits per heavy atom. The molecule has 0 aromatic heterocycles. The lowest BCUT2D eigenvalue weighted by molar-refractivity contribution is 0.177. The molecule has 8 heavy (non-hydrogen) atoms. The maximum atomic E-state index is 2.39. The van der Waals surface area contributed by atoms with E-state index in [-0.39, 0.29) is 0 Å². The second kappa shape index (κ2) is 0.476. The van der Waals surface area contributed by atoms with E-state index in [1.807, 2.05) is 0 Å². The lowest BCUT2D eigenvalue weighted by Gasteiger charge is -2.29. The summed E-state index contributed by atoms with van der Waals surface area (Å²) in [7, 11) is 0. The standard InChI is InChI=1S/C8H10/c1-2-7-5-4-3-8(4,7)6(5)7/h4-6H,2-3H2,1H3. The van der Waals surface area contributed by atoms with E-state index in [2.05, 4.69) is 6.92 Å². The van der Waals surface area contributed by atoms with Crippen LogP contribution in [0.5, 0.6) is 0 Å². The first-order chi connectivity index (χ1) is 3.89. The average molecular weight is 106 g/mol. The van der Waals surface area contributed by atoms with Crippen LogP contribution in [0, 0.1) is 28.6 Å². The summed E-state index contributed by atoms with van der Waals surface area (Å²) in [6.45, 7) is 2.39. The molecule has 0 aromatic carbocycles. The van der Waals surface area contributed by atoms with E-state index in [0.29, 0.717) is 0 Å². The van der Waals surface area contributed by atoms with Gasteiger partial charge < -0.3 is 0 Å². The topological polar surface area (TPSA) is 0 Å². The highest BCUT2D eigenvalue weighted by atomic mass is 15.2. The van der Waals surface area contributed by atoms with Crippen LogP contribution in [-0.2, 0) is 0 Å². The molecule has 5 aliphatic rings. The van der Waals surface area contributed by atoms with Crippen LogP contribution in [0.25, 0.3) is 0 Å². The number of rotatable bonds is 1. The summed E-state index contributed by atoms with van der Waals surface area (Å²) >= 11 is 0. The molecule has 0 aliphatic heterocycles. The molecule has 0 nitrogen and oxygen atoms in total. The van der Waals surface area contributed by atoms with Gasteiger partial charge in [0.2, 0.25) is 0 Å². The SMILES string of the molecule is CCC12C3C4CC41C32. The van der Waals surface area contributed by atoms with Crippen molar-refractivity contribution in [1.82, 2.24) is 0 Å². The van der Waals surface area contributed by atoms with Crippen LogP contribution in [0.4, 0.5) is 0 Å². The van der Waals surface area contributed by atoms with E-state index in [1.54, 1.807) is 6.42 Å². The molecule has 0 N–H and O–H groups in total. The van der Waals surface area contributed by atoms with Crippen molar-refractivity contribution in [2.24, 2.45) is 28.6 Å². The van der Waals surface area contributed by atoms with Crippen LogP contribution in [0.3, 0.4) is 0 Å². The van der Waals surface area contributed by atoms with Crippen LogP contribution in [-0.4, -0.2) is 0 Å². The van der Waals surface area contributed by atoms with Crippen molar-refractivity contribution in [2.75, 3.05) is 0 Å². The van der Waals surface area contributed by atoms with E-state index in [4.69, 9.17) is 0 Å². The van der Waals surface area contributed by atoms with Crippen molar-refractivity contribution in [3.8, 4) is 0 Å². The molecule has 0 aromatic rings. The Hall–Kier alpha value is 0. The summed E-state index contributed by atoms with van der Waals surface area (Å²) in [4.78, 5) is 0. The fraction of sp³-hybridized carbons (Fsp3) is 1.00. The smallest absolute Gasteiger partial charge is 0.0164 e. The molecule has 0 amide bonds. The highest BCUT2D eigenvalue weighted by Crippen LogP contribution is 3.17. The van der Waals surface area contributed by atoms with Crippen LogP contribution < -0.4 is 0 Å². The fourth-order valence-corrected chi connectivity index (χ4v) is 4.50. The first-order valence-corrected chi connectivity index (χ1v) is 3.89. The van der Waals surface area contributed by atoms with Gasteiger partial charge in [-0.3, -0.25) is 0 Å². The predicted molar refractivity (Wildman–Crippen MR) is 30.2 cm³/mol. The van der Waals surface area contributed by atoms with E-state index in [1.165, 1.54) is 24.2 Å². The molecule has 0 radical (unpaired) electrons. The zero-order valence-electron chi connectivity index (χ0n) is 5.15. The Morgan fingerprint density at radius 1 is 1.62 bits per heavy atom. The van der Waals surface area contributed by atoms with E-state index >= 15 is 0 Å². The summed E-state index contributed by atoms with van der Waals surface area (Å²) in [5.41, 5.74) is 2.09. The predicted octanol–water partition coefficient (Wildman–Crippen LogP) is 1.66. The van der Waals surface area contributed by atoms with Crippen LogP contribution >= 0.6 is 0 Å². The molecule has 0 heterocycles. The molecule has 2 bridgehead atoms. The molecule has 0 saturated heterocycles. The van der Waals surface area contributed by atoms with Gasteiger partial charge >= 0.3 is 0 Å². The lowest BCUT2D eigenvalue weighted by Crippen LogP contribution is -2.25. The maximum absolute atomic E-state index is 2.39. The number of hydrogen-bond donors (Lipinski definition) is 0. The van der Waals surface area contributed by atoms with Gasteiger partial charge in [0.1, 0.15) is 0 Å². The van der Waals surface area contributed by atoms with Gasteiger partial charge in [0.05, 0.1) is 0 Å². The molecular formula is C8H10. The minimum Gasteiger partial charge on any atom is -0.0648 e. The van der Waals surface area contributed by atoms with Gasteiger partial charge in [-0.1, -0.05) is 6.92 Å². The maximum Gasteiger partial charge on any atom is -0.0164 e. The highest BCUT2D eigenvalue weighted by Gasteiger charge is 3.14. The third-order valence-electron chi connectivity index (χ3n) is 4.82. The van der Waals surface area contributed by atoms with Crippen LogP contribution in [0.1, 0.15) is 19.8 Å². The molecule has 5 atom stereocenters.